The van der Waals surface area contributed by atoms with E-state index in [-0.39, 0.29) is 5.91 Å². The zero-order valence-electron chi connectivity index (χ0n) is 10.9. The van der Waals surface area contributed by atoms with Crippen LogP contribution < -0.4 is 16.4 Å². The highest BCUT2D eigenvalue weighted by Crippen LogP contribution is 2.26. The van der Waals surface area contributed by atoms with Gasteiger partial charge in [0.2, 0.25) is 0 Å². The second-order valence-corrected chi connectivity index (χ2v) is 4.68. The molecule has 0 spiro atoms. The van der Waals surface area contributed by atoms with Crippen LogP contribution in [0.4, 0.5) is 0 Å². The number of nitrogens with one attached hydrogen (secondary N) is 2. The Bertz CT molecular complexity index is 424. The number of hydrogen-bond donors (Lipinski definition) is 3. The molecule has 2 rings (SSSR count). The number of carbonyl (C=O) groups is 1. The Morgan fingerprint density at radius 3 is 2.84 bits per heavy atom. The van der Waals surface area contributed by atoms with Crippen molar-refractivity contribution in [2.24, 2.45) is 16.6 Å². The molecule has 104 valence electrons. The maximum Gasteiger partial charge on any atom is 0.287 e. The van der Waals surface area contributed by atoms with E-state index in [9.17, 15) is 4.79 Å². The molecular formula is C13H20N4O2. The molecule has 4 N–H and O–H groups in total. The number of furan rings is 1. The number of amides is 1. The fourth-order valence-corrected chi connectivity index (χ4v) is 1.82. The predicted molar refractivity (Wildman–Crippen MR) is 72.9 cm³/mol. The van der Waals surface area contributed by atoms with Gasteiger partial charge in [-0.2, -0.15) is 0 Å². The first-order valence-corrected chi connectivity index (χ1v) is 6.61. The summed E-state index contributed by atoms with van der Waals surface area (Å²) >= 11 is 0. The third-order valence-corrected chi connectivity index (χ3v) is 3.21. The summed E-state index contributed by atoms with van der Waals surface area (Å²) in [4.78, 5) is 15.8. The molecule has 1 aliphatic rings. The largest absolute Gasteiger partial charge is 0.459 e. The third kappa shape index (κ3) is 4.31. The molecule has 1 aromatic rings. The number of carbonyl (C=O) groups excluding carboxylic acids is 1. The van der Waals surface area contributed by atoms with Crippen molar-refractivity contribution < 1.29 is 9.21 Å². The molecule has 1 aliphatic carbocycles. The van der Waals surface area contributed by atoms with Crippen molar-refractivity contribution in [2.75, 3.05) is 19.6 Å². The number of hydrogen-bond acceptors (Lipinski definition) is 3. The molecule has 1 saturated carbocycles. The van der Waals surface area contributed by atoms with E-state index in [2.05, 4.69) is 15.6 Å². The average Bonchev–Trinajstić information content (AvgIpc) is 2.86. The quantitative estimate of drug-likeness (QED) is 0.401. The van der Waals surface area contributed by atoms with Gasteiger partial charge in [-0.05, 0) is 30.9 Å². The molecule has 19 heavy (non-hydrogen) atoms. The Labute approximate surface area is 112 Å². The lowest BCUT2D eigenvalue weighted by Crippen LogP contribution is -2.38. The van der Waals surface area contributed by atoms with Crippen molar-refractivity contribution >= 4 is 11.9 Å². The smallest absolute Gasteiger partial charge is 0.287 e. The van der Waals surface area contributed by atoms with E-state index in [1.807, 2.05) is 0 Å². The highest BCUT2D eigenvalue weighted by atomic mass is 16.3. The van der Waals surface area contributed by atoms with Gasteiger partial charge in [-0.15, -0.1) is 0 Å². The van der Waals surface area contributed by atoms with E-state index in [1.165, 1.54) is 25.5 Å². The summed E-state index contributed by atoms with van der Waals surface area (Å²) in [6.45, 7) is 1.82. The Morgan fingerprint density at radius 2 is 2.21 bits per heavy atom. The van der Waals surface area contributed by atoms with Crippen molar-refractivity contribution in [3.8, 4) is 0 Å². The molecular weight excluding hydrogens is 244 g/mol. The highest BCUT2D eigenvalue weighted by molar-refractivity contribution is 5.91. The minimum Gasteiger partial charge on any atom is -0.459 e. The zero-order chi connectivity index (χ0) is 13.5. The first-order valence-electron chi connectivity index (χ1n) is 6.61. The number of aliphatic imine (C=N–C) groups is 1. The average molecular weight is 264 g/mol. The minimum absolute atomic E-state index is 0.225. The number of nitrogens with zero attached hydrogens (tertiary/aromatic N) is 1. The fourth-order valence-electron chi connectivity index (χ4n) is 1.82. The van der Waals surface area contributed by atoms with Crippen LogP contribution in [-0.4, -0.2) is 31.5 Å². The molecule has 0 bridgehead atoms. The lowest BCUT2D eigenvalue weighted by molar-refractivity contribution is 0.0926. The Morgan fingerprint density at radius 1 is 1.42 bits per heavy atom. The lowest BCUT2D eigenvalue weighted by atomic mass is 9.86. The predicted octanol–water partition coefficient (Wildman–Crippen LogP) is 0.714. The normalized spacial score (nSPS) is 15.9. The molecule has 0 saturated heterocycles. The van der Waals surface area contributed by atoms with Crippen molar-refractivity contribution in [3.63, 3.8) is 0 Å². The van der Waals surface area contributed by atoms with Crippen LogP contribution in [0.15, 0.2) is 27.8 Å². The van der Waals surface area contributed by atoms with Crippen molar-refractivity contribution in [2.45, 2.75) is 19.3 Å². The molecule has 6 nitrogen and oxygen atoms in total. The summed E-state index contributed by atoms with van der Waals surface area (Å²) < 4.78 is 4.98. The highest BCUT2D eigenvalue weighted by Gasteiger charge is 2.16. The number of nitrogens with two attached hydrogens (primary N) is 1. The molecule has 6 heteroatoms. The molecule has 0 unspecified atom stereocenters. The SMILES string of the molecule is NC(=NCC1CCC1)NCCNC(=O)c1ccco1. The van der Waals surface area contributed by atoms with Crippen LogP contribution in [0.2, 0.25) is 0 Å². The minimum atomic E-state index is -0.225. The second-order valence-electron chi connectivity index (χ2n) is 4.68. The first kappa shape index (κ1) is 13.5. The standard InChI is InChI=1S/C13H20N4O2/c14-13(17-9-10-3-1-4-10)16-7-6-15-12(18)11-5-2-8-19-11/h2,5,8,10H,1,3-4,6-7,9H2,(H,15,18)(H3,14,16,17). The van der Waals surface area contributed by atoms with E-state index in [1.54, 1.807) is 12.1 Å². The first-order chi connectivity index (χ1) is 9.25. The van der Waals surface area contributed by atoms with Crippen molar-refractivity contribution in [1.82, 2.24) is 10.6 Å². The summed E-state index contributed by atoms with van der Waals surface area (Å²) in [6.07, 6.45) is 5.30. The maximum absolute atomic E-state index is 11.5. The van der Waals surface area contributed by atoms with E-state index in [4.69, 9.17) is 10.2 Å². The van der Waals surface area contributed by atoms with E-state index < -0.39 is 0 Å². The molecule has 0 radical (unpaired) electrons. The van der Waals surface area contributed by atoms with Gasteiger partial charge in [0.05, 0.1) is 6.26 Å². The van der Waals surface area contributed by atoms with Crippen LogP contribution in [-0.2, 0) is 0 Å². The van der Waals surface area contributed by atoms with E-state index >= 15 is 0 Å². The van der Waals surface area contributed by atoms with Crippen LogP contribution in [0.5, 0.6) is 0 Å². The molecule has 0 aromatic carbocycles. The summed E-state index contributed by atoms with van der Waals surface area (Å²) in [5.74, 6) is 1.24. The van der Waals surface area contributed by atoms with Gasteiger partial charge in [0.15, 0.2) is 11.7 Å². The van der Waals surface area contributed by atoms with Gasteiger partial charge >= 0.3 is 0 Å². The van der Waals surface area contributed by atoms with Crippen LogP contribution in [0.3, 0.4) is 0 Å². The van der Waals surface area contributed by atoms with Gasteiger partial charge in [0.25, 0.3) is 5.91 Å². The summed E-state index contributed by atoms with van der Waals surface area (Å²) in [6, 6.07) is 3.30. The fraction of sp³-hybridized carbons (Fsp3) is 0.538. The van der Waals surface area contributed by atoms with E-state index in [0.29, 0.717) is 30.7 Å². The van der Waals surface area contributed by atoms with Crippen LogP contribution in [0.25, 0.3) is 0 Å². The van der Waals surface area contributed by atoms with Crippen LogP contribution >= 0.6 is 0 Å². The molecule has 1 aromatic heterocycles. The Hall–Kier alpha value is -1.98. The lowest BCUT2D eigenvalue weighted by Gasteiger charge is -2.23. The maximum atomic E-state index is 11.5. The Balaban J connectivity index is 1.57. The zero-order valence-corrected chi connectivity index (χ0v) is 10.9. The van der Waals surface area contributed by atoms with Gasteiger partial charge in [0.1, 0.15) is 0 Å². The number of guanidine groups is 1. The van der Waals surface area contributed by atoms with Crippen LogP contribution in [0.1, 0.15) is 29.8 Å². The summed E-state index contributed by atoms with van der Waals surface area (Å²) in [7, 11) is 0. The Kier molecular flexibility index (Phi) is 4.83. The van der Waals surface area contributed by atoms with Crippen LogP contribution in [0, 0.1) is 5.92 Å². The molecule has 0 aliphatic heterocycles. The molecule has 1 heterocycles. The van der Waals surface area contributed by atoms with Crippen molar-refractivity contribution in [1.29, 1.82) is 0 Å². The van der Waals surface area contributed by atoms with Gasteiger partial charge in [0, 0.05) is 19.6 Å². The molecule has 1 amide bonds. The topological polar surface area (TPSA) is 92.6 Å². The third-order valence-electron chi connectivity index (χ3n) is 3.21. The van der Waals surface area contributed by atoms with Gasteiger partial charge in [-0.25, -0.2) is 0 Å². The second kappa shape index (κ2) is 6.82. The monoisotopic (exact) mass is 264 g/mol. The van der Waals surface area contributed by atoms with Gasteiger partial charge in [-0.3, -0.25) is 9.79 Å². The van der Waals surface area contributed by atoms with Gasteiger partial charge in [-0.1, -0.05) is 6.42 Å². The van der Waals surface area contributed by atoms with Gasteiger partial charge < -0.3 is 20.8 Å². The molecule has 1 fully saturated rings. The molecule has 0 atom stereocenters. The van der Waals surface area contributed by atoms with E-state index in [0.717, 1.165) is 6.54 Å². The summed E-state index contributed by atoms with van der Waals surface area (Å²) in [5, 5.41) is 5.69. The van der Waals surface area contributed by atoms with Crippen molar-refractivity contribution in [3.05, 3.63) is 24.2 Å². The summed E-state index contributed by atoms with van der Waals surface area (Å²) in [5.41, 5.74) is 5.72. The number of rotatable bonds is 6.